The highest BCUT2D eigenvalue weighted by Crippen LogP contribution is 2.18. The maximum atomic E-state index is 12.6. The second kappa shape index (κ2) is 14.2. The third-order valence-corrected chi connectivity index (χ3v) is 4.93. The van der Waals surface area contributed by atoms with Crippen LogP contribution in [-0.4, -0.2) is 79.6 Å². The summed E-state index contributed by atoms with van der Waals surface area (Å²) in [5.74, 6) is 0.468. The predicted molar refractivity (Wildman–Crippen MR) is 130 cm³/mol. The van der Waals surface area contributed by atoms with E-state index in [4.69, 9.17) is 24.1 Å². The fraction of sp³-hybridized carbons (Fsp3) is 0.400. The zero-order chi connectivity index (χ0) is 24.9. The molecule has 0 aliphatic rings. The molecule has 188 valence electrons. The van der Waals surface area contributed by atoms with Crippen molar-refractivity contribution < 1.29 is 33.6 Å². The molecule has 0 fully saturated rings. The lowest BCUT2D eigenvalue weighted by Crippen LogP contribution is -2.14. The number of aromatic amines is 1. The van der Waals surface area contributed by atoms with E-state index in [-0.39, 0.29) is 24.1 Å². The third-order valence-electron chi connectivity index (χ3n) is 4.93. The highest BCUT2D eigenvalue weighted by molar-refractivity contribution is 6.04. The molecule has 3 rings (SSSR count). The lowest BCUT2D eigenvalue weighted by Gasteiger charge is -2.09. The van der Waals surface area contributed by atoms with Gasteiger partial charge in [0.15, 0.2) is 11.6 Å². The summed E-state index contributed by atoms with van der Waals surface area (Å²) in [6, 6.07) is 12.2. The summed E-state index contributed by atoms with van der Waals surface area (Å²) < 4.78 is 21.5. The number of hydrogen-bond acceptors (Lipinski definition) is 8. The first-order valence-corrected chi connectivity index (χ1v) is 11.5. The van der Waals surface area contributed by atoms with Crippen LogP contribution < -0.4 is 10.1 Å². The molecule has 3 aromatic rings. The summed E-state index contributed by atoms with van der Waals surface area (Å²) >= 11 is 0. The van der Waals surface area contributed by atoms with Crippen LogP contribution in [0.25, 0.3) is 11.0 Å². The molecule has 0 unspecified atom stereocenters. The van der Waals surface area contributed by atoms with Gasteiger partial charge in [-0.15, -0.1) is 0 Å². The van der Waals surface area contributed by atoms with Crippen LogP contribution in [0.2, 0.25) is 0 Å². The highest BCUT2D eigenvalue weighted by Gasteiger charge is 2.13. The zero-order valence-electron chi connectivity index (χ0n) is 19.7. The molecule has 1 aromatic heterocycles. The van der Waals surface area contributed by atoms with Crippen LogP contribution in [0.4, 0.5) is 5.69 Å². The Hall–Kier alpha value is -3.31. The Balaban J connectivity index is 1.37. The number of fused-ring (bicyclic) bond motifs is 1. The van der Waals surface area contributed by atoms with E-state index in [1.807, 2.05) is 0 Å². The van der Waals surface area contributed by atoms with Gasteiger partial charge in [0.05, 0.1) is 57.3 Å². The number of anilines is 1. The van der Waals surface area contributed by atoms with Gasteiger partial charge in [0.2, 0.25) is 0 Å². The van der Waals surface area contributed by atoms with Crippen molar-refractivity contribution in [2.75, 3.05) is 58.2 Å². The molecule has 0 spiro atoms. The van der Waals surface area contributed by atoms with Gasteiger partial charge in [0.25, 0.3) is 5.91 Å². The third kappa shape index (κ3) is 8.45. The van der Waals surface area contributed by atoms with Crippen molar-refractivity contribution in [1.82, 2.24) is 9.97 Å². The van der Waals surface area contributed by atoms with Gasteiger partial charge < -0.3 is 34.4 Å². The van der Waals surface area contributed by atoms with Gasteiger partial charge in [-0.25, -0.2) is 4.98 Å². The first kappa shape index (κ1) is 26.3. The van der Waals surface area contributed by atoms with Crippen molar-refractivity contribution in [2.24, 2.45) is 0 Å². The summed E-state index contributed by atoms with van der Waals surface area (Å²) in [5, 5.41) is 11.4. The number of benzene rings is 2. The standard InChI is InChI=1S/C25H31N3O7/c1-2-23(30)18-3-8-21-22(17-18)28-24(27-21)25(31)26-19-4-6-20(7-5-19)35-16-15-34-14-13-33-12-11-32-10-9-29/h3-8,17,29H,2,9-16H2,1H3,(H,26,31)(H,27,28). The number of imidazole rings is 1. The predicted octanol–water partition coefficient (Wildman–Crippen LogP) is 2.83. The van der Waals surface area contributed by atoms with Gasteiger partial charge in [-0.2, -0.15) is 0 Å². The second-order valence-corrected chi connectivity index (χ2v) is 7.48. The minimum Gasteiger partial charge on any atom is -0.491 e. The fourth-order valence-corrected chi connectivity index (χ4v) is 3.14. The zero-order valence-corrected chi connectivity index (χ0v) is 19.7. The van der Waals surface area contributed by atoms with Crippen molar-refractivity contribution in [2.45, 2.75) is 13.3 Å². The molecule has 2 aromatic carbocycles. The number of aliphatic hydroxyl groups excluding tert-OH is 1. The lowest BCUT2D eigenvalue weighted by atomic mass is 10.1. The number of rotatable bonds is 16. The Morgan fingerprint density at radius 3 is 2.23 bits per heavy atom. The van der Waals surface area contributed by atoms with Crippen LogP contribution in [0.5, 0.6) is 5.75 Å². The Morgan fingerprint density at radius 1 is 0.914 bits per heavy atom. The molecule has 35 heavy (non-hydrogen) atoms. The number of carbonyl (C=O) groups excluding carboxylic acids is 2. The Labute approximate surface area is 203 Å². The van der Waals surface area contributed by atoms with Crippen LogP contribution in [0, 0.1) is 0 Å². The summed E-state index contributed by atoms with van der Waals surface area (Å²) in [7, 11) is 0. The number of Topliss-reactive ketones (excluding diaryl/α,β-unsaturated/α-hetero) is 1. The van der Waals surface area contributed by atoms with Crippen LogP contribution in [0.1, 0.15) is 34.3 Å². The summed E-state index contributed by atoms with van der Waals surface area (Å²) in [6.07, 6.45) is 0.411. The molecule has 10 heteroatoms. The number of H-pyrrole nitrogens is 1. The molecule has 0 atom stereocenters. The summed E-state index contributed by atoms with van der Waals surface area (Å²) in [4.78, 5) is 31.8. The van der Waals surface area contributed by atoms with Crippen molar-refractivity contribution in [1.29, 1.82) is 0 Å². The largest absolute Gasteiger partial charge is 0.491 e. The van der Waals surface area contributed by atoms with E-state index < -0.39 is 0 Å². The molecule has 1 heterocycles. The number of aliphatic hydroxyl groups is 1. The maximum absolute atomic E-state index is 12.6. The van der Waals surface area contributed by atoms with Crippen molar-refractivity contribution >= 4 is 28.4 Å². The van der Waals surface area contributed by atoms with Gasteiger partial charge in [0.1, 0.15) is 12.4 Å². The van der Waals surface area contributed by atoms with E-state index >= 15 is 0 Å². The Bertz CT molecular complexity index is 1080. The van der Waals surface area contributed by atoms with E-state index in [0.29, 0.717) is 80.7 Å². The van der Waals surface area contributed by atoms with Crippen LogP contribution in [-0.2, 0) is 14.2 Å². The molecule has 0 radical (unpaired) electrons. The van der Waals surface area contributed by atoms with Crippen molar-refractivity contribution in [3.05, 3.63) is 53.9 Å². The Kier molecular flexibility index (Phi) is 10.6. The lowest BCUT2D eigenvalue weighted by molar-refractivity contribution is 0.00361. The molecule has 0 saturated carbocycles. The van der Waals surface area contributed by atoms with E-state index in [9.17, 15) is 9.59 Å². The minimum atomic E-state index is -0.381. The van der Waals surface area contributed by atoms with Gasteiger partial charge in [-0.05, 0) is 42.5 Å². The Morgan fingerprint density at radius 2 is 1.57 bits per heavy atom. The number of amides is 1. The maximum Gasteiger partial charge on any atom is 0.291 e. The number of nitrogens with zero attached hydrogens (tertiary/aromatic N) is 1. The number of carbonyl (C=O) groups is 2. The number of nitrogens with one attached hydrogen (secondary N) is 2. The molecule has 0 bridgehead atoms. The molecule has 0 saturated heterocycles. The SMILES string of the molecule is CCC(=O)c1ccc2[nH]c(C(=O)Nc3ccc(OCCOCCOCCOCCO)cc3)nc2c1. The average molecular weight is 486 g/mol. The van der Waals surface area contributed by atoms with E-state index in [2.05, 4.69) is 15.3 Å². The minimum absolute atomic E-state index is 0.00763. The first-order valence-electron chi connectivity index (χ1n) is 11.5. The van der Waals surface area contributed by atoms with Crippen molar-refractivity contribution in [3.63, 3.8) is 0 Å². The quantitative estimate of drug-likeness (QED) is 0.208. The number of hydrogen-bond donors (Lipinski definition) is 3. The number of aromatic nitrogens is 2. The molecular formula is C25H31N3O7. The normalized spacial score (nSPS) is 11.0. The smallest absolute Gasteiger partial charge is 0.291 e. The van der Waals surface area contributed by atoms with E-state index in [1.165, 1.54) is 0 Å². The highest BCUT2D eigenvalue weighted by atomic mass is 16.6. The molecule has 3 N–H and O–H groups in total. The number of ketones is 1. The monoisotopic (exact) mass is 485 g/mol. The summed E-state index contributed by atoms with van der Waals surface area (Å²) in [6.45, 7) is 4.74. The molecular weight excluding hydrogens is 454 g/mol. The second-order valence-electron chi connectivity index (χ2n) is 7.48. The topological polar surface area (TPSA) is 132 Å². The summed E-state index contributed by atoms with van der Waals surface area (Å²) in [5.41, 5.74) is 2.43. The van der Waals surface area contributed by atoms with E-state index in [1.54, 1.807) is 49.4 Å². The van der Waals surface area contributed by atoms with Gasteiger partial charge in [0, 0.05) is 17.7 Å². The van der Waals surface area contributed by atoms with Gasteiger partial charge in [-0.3, -0.25) is 9.59 Å². The number of ether oxygens (including phenoxy) is 4. The van der Waals surface area contributed by atoms with Gasteiger partial charge in [-0.1, -0.05) is 6.92 Å². The molecule has 0 aliphatic carbocycles. The fourth-order valence-electron chi connectivity index (χ4n) is 3.14. The van der Waals surface area contributed by atoms with E-state index in [0.717, 1.165) is 0 Å². The van der Waals surface area contributed by atoms with Gasteiger partial charge >= 0.3 is 0 Å². The molecule has 0 aliphatic heterocycles. The van der Waals surface area contributed by atoms with Crippen LogP contribution in [0.15, 0.2) is 42.5 Å². The van der Waals surface area contributed by atoms with Crippen LogP contribution >= 0.6 is 0 Å². The molecule has 10 nitrogen and oxygen atoms in total. The van der Waals surface area contributed by atoms with Crippen molar-refractivity contribution in [3.8, 4) is 5.75 Å². The average Bonchev–Trinajstić information content (AvgIpc) is 3.31. The van der Waals surface area contributed by atoms with Crippen LogP contribution in [0.3, 0.4) is 0 Å². The first-order chi connectivity index (χ1) is 17.1. The molecule has 1 amide bonds.